The van der Waals surface area contributed by atoms with Crippen LogP contribution in [0.4, 0.5) is 5.69 Å². The second-order valence-corrected chi connectivity index (χ2v) is 5.51. The van der Waals surface area contributed by atoms with Gasteiger partial charge in [-0.1, -0.05) is 6.07 Å². The summed E-state index contributed by atoms with van der Waals surface area (Å²) in [4.78, 5) is 16.5. The van der Waals surface area contributed by atoms with Crippen molar-refractivity contribution in [2.24, 2.45) is 0 Å². The molecular formula is C15H13BrN2O2. The molecule has 0 bridgehead atoms. The van der Waals surface area contributed by atoms with E-state index in [4.69, 9.17) is 4.74 Å². The average molecular weight is 333 g/mol. The Hall–Kier alpha value is -1.72. The summed E-state index contributed by atoms with van der Waals surface area (Å²) >= 11 is 3.30. The molecule has 2 aromatic rings. The zero-order valence-corrected chi connectivity index (χ0v) is 12.5. The van der Waals surface area contributed by atoms with Crippen LogP contribution in [0.25, 0.3) is 0 Å². The van der Waals surface area contributed by atoms with E-state index in [1.165, 1.54) is 0 Å². The summed E-state index contributed by atoms with van der Waals surface area (Å²) < 4.78 is 6.11. The molecule has 1 aliphatic rings. The molecule has 0 saturated carbocycles. The standard InChI is InChI=1S/C15H13BrN2O2/c1-9-13(4-5-14(16)17-9)18-15(19)10-2-3-11-7-20-8-12(11)6-10/h2-6H,7-8H2,1H3,(H,18,19). The van der Waals surface area contributed by atoms with E-state index >= 15 is 0 Å². The van der Waals surface area contributed by atoms with Crippen molar-refractivity contribution in [3.63, 3.8) is 0 Å². The fourth-order valence-corrected chi connectivity index (χ4v) is 2.57. The lowest BCUT2D eigenvalue weighted by atomic mass is 10.1. The first-order valence-corrected chi connectivity index (χ1v) is 7.07. The van der Waals surface area contributed by atoms with E-state index in [1.807, 2.05) is 31.2 Å². The molecule has 20 heavy (non-hydrogen) atoms. The number of benzene rings is 1. The monoisotopic (exact) mass is 332 g/mol. The van der Waals surface area contributed by atoms with Crippen molar-refractivity contribution >= 4 is 27.5 Å². The zero-order chi connectivity index (χ0) is 14.1. The number of nitrogens with one attached hydrogen (secondary N) is 1. The quantitative estimate of drug-likeness (QED) is 0.857. The topological polar surface area (TPSA) is 51.2 Å². The van der Waals surface area contributed by atoms with E-state index in [-0.39, 0.29) is 5.91 Å². The molecule has 1 aromatic carbocycles. The first-order valence-electron chi connectivity index (χ1n) is 6.27. The maximum absolute atomic E-state index is 12.3. The molecule has 3 rings (SSSR count). The third-order valence-corrected chi connectivity index (χ3v) is 3.73. The fourth-order valence-electron chi connectivity index (χ4n) is 2.17. The van der Waals surface area contributed by atoms with Gasteiger partial charge in [0.15, 0.2) is 0 Å². The summed E-state index contributed by atoms with van der Waals surface area (Å²) in [5.41, 5.74) is 4.37. The van der Waals surface area contributed by atoms with Crippen LogP contribution >= 0.6 is 15.9 Å². The molecule has 5 heteroatoms. The van der Waals surface area contributed by atoms with Crippen molar-refractivity contribution in [3.05, 3.63) is 57.3 Å². The number of aryl methyl sites for hydroxylation is 1. The highest BCUT2D eigenvalue weighted by Gasteiger charge is 2.15. The number of amides is 1. The molecule has 0 atom stereocenters. The Kier molecular flexibility index (Phi) is 3.54. The number of pyridine rings is 1. The molecule has 0 radical (unpaired) electrons. The van der Waals surface area contributed by atoms with Crippen LogP contribution in [-0.4, -0.2) is 10.9 Å². The molecule has 102 valence electrons. The Balaban J connectivity index is 1.82. The Bertz CT molecular complexity index is 686. The van der Waals surface area contributed by atoms with Gasteiger partial charge in [0, 0.05) is 5.56 Å². The van der Waals surface area contributed by atoms with Gasteiger partial charge in [-0.15, -0.1) is 0 Å². The largest absolute Gasteiger partial charge is 0.372 e. The van der Waals surface area contributed by atoms with Crippen molar-refractivity contribution in [1.29, 1.82) is 0 Å². The summed E-state index contributed by atoms with van der Waals surface area (Å²) in [5, 5.41) is 2.88. The Morgan fingerprint density at radius 1 is 1.25 bits per heavy atom. The van der Waals surface area contributed by atoms with Crippen LogP contribution in [0.5, 0.6) is 0 Å². The number of hydrogen-bond donors (Lipinski definition) is 1. The summed E-state index contributed by atoms with van der Waals surface area (Å²) in [6.45, 7) is 3.07. The van der Waals surface area contributed by atoms with Gasteiger partial charge in [-0.25, -0.2) is 4.98 Å². The van der Waals surface area contributed by atoms with E-state index in [1.54, 1.807) is 6.07 Å². The average Bonchev–Trinajstić information content (AvgIpc) is 2.89. The molecule has 0 fully saturated rings. The van der Waals surface area contributed by atoms with E-state index < -0.39 is 0 Å². The van der Waals surface area contributed by atoms with Gasteiger partial charge >= 0.3 is 0 Å². The van der Waals surface area contributed by atoms with Crippen LogP contribution < -0.4 is 5.32 Å². The van der Waals surface area contributed by atoms with Crippen molar-refractivity contribution in [2.75, 3.05) is 5.32 Å². The number of rotatable bonds is 2. The summed E-state index contributed by atoms with van der Waals surface area (Å²) in [6, 6.07) is 9.30. The van der Waals surface area contributed by atoms with Gasteiger partial charge in [-0.3, -0.25) is 4.79 Å². The highest BCUT2D eigenvalue weighted by molar-refractivity contribution is 9.10. The first-order chi connectivity index (χ1) is 9.63. The van der Waals surface area contributed by atoms with Gasteiger partial charge in [0.1, 0.15) is 4.60 Å². The predicted octanol–water partition coefficient (Wildman–Crippen LogP) is 3.44. The third-order valence-electron chi connectivity index (χ3n) is 3.28. The van der Waals surface area contributed by atoms with Crippen LogP contribution in [0, 0.1) is 6.92 Å². The lowest BCUT2D eigenvalue weighted by Gasteiger charge is -2.09. The van der Waals surface area contributed by atoms with Crippen LogP contribution in [0.15, 0.2) is 34.9 Å². The fraction of sp³-hybridized carbons (Fsp3) is 0.200. The zero-order valence-electron chi connectivity index (χ0n) is 10.9. The number of carbonyl (C=O) groups is 1. The van der Waals surface area contributed by atoms with E-state index in [0.29, 0.717) is 18.8 Å². The SMILES string of the molecule is Cc1nc(Br)ccc1NC(=O)c1ccc2c(c1)COC2. The van der Waals surface area contributed by atoms with Crippen molar-refractivity contribution < 1.29 is 9.53 Å². The summed E-state index contributed by atoms with van der Waals surface area (Å²) in [6.07, 6.45) is 0. The highest BCUT2D eigenvalue weighted by atomic mass is 79.9. The smallest absolute Gasteiger partial charge is 0.255 e. The van der Waals surface area contributed by atoms with E-state index in [2.05, 4.69) is 26.2 Å². The van der Waals surface area contributed by atoms with E-state index in [0.717, 1.165) is 27.1 Å². The molecule has 2 heterocycles. The van der Waals surface area contributed by atoms with Gasteiger partial charge in [0.05, 0.1) is 24.6 Å². The first kappa shape index (κ1) is 13.3. The number of hydrogen-bond acceptors (Lipinski definition) is 3. The molecule has 1 aromatic heterocycles. The number of aromatic nitrogens is 1. The number of halogens is 1. The van der Waals surface area contributed by atoms with Crippen molar-refractivity contribution in [3.8, 4) is 0 Å². The second-order valence-electron chi connectivity index (χ2n) is 4.70. The molecule has 1 amide bonds. The Morgan fingerprint density at radius 2 is 2.05 bits per heavy atom. The lowest BCUT2D eigenvalue weighted by Crippen LogP contribution is -2.13. The van der Waals surface area contributed by atoms with Gasteiger partial charge < -0.3 is 10.1 Å². The molecular weight excluding hydrogens is 320 g/mol. The van der Waals surface area contributed by atoms with Crippen LogP contribution in [-0.2, 0) is 18.0 Å². The van der Waals surface area contributed by atoms with Crippen molar-refractivity contribution in [1.82, 2.24) is 4.98 Å². The minimum atomic E-state index is -0.132. The number of fused-ring (bicyclic) bond motifs is 1. The number of anilines is 1. The Morgan fingerprint density at radius 3 is 2.85 bits per heavy atom. The molecule has 1 N–H and O–H groups in total. The maximum atomic E-state index is 12.3. The minimum Gasteiger partial charge on any atom is -0.372 e. The third kappa shape index (κ3) is 2.59. The van der Waals surface area contributed by atoms with Crippen LogP contribution in [0.3, 0.4) is 0 Å². The molecule has 0 aliphatic carbocycles. The highest BCUT2D eigenvalue weighted by Crippen LogP contribution is 2.22. The molecule has 1 aliphatic heterocycles. The summed E-state index contributed by atoms with van der Waals surface area (Å²) in [7, 11) is 0. The molecule has 0 saturated heterocycles. The van der Waals surface area contributed by atoms with Gasteiger partial charge in [-0.05, 0) is 58.2 Å². The van der Waals surface area contributed by atoms with Gasteiger partial charge in [0.25, 0.3) is 5.91 Å². The number of carbonyl (C=O) groups excluding carboxylic acids is 1. The molecule has 0 spiro atoms. The van der Waals surface area contributed by atoms with Crippen molar-refractivity contribution in [2.45, 2.75) is 20.1 Å². The van der Waals surface area contributed by atoms with Gasteiger partial charge in [0.2, 0.25) is 0 Å². The summed E-state index contributed by atoms with van der Waals surface area (Å²) in [5.74, 6) is -0.132. The number of nitrogens with zero attached hydrogens (tertiary/aromatic N) is 1. The van der Waals surface area contributed by atoms with Crippen LogP contribution in [0.2, 0.25) is 0 Å². The van der Waals surface area contributed by atoms with Gasteiger partial charge in [-0.2, -0.15) is 0 Å². The Labute approximate surface area is 125 Å². The van der Waals surface area contributed by atoms with Crippen LogP contribution in [0.1, 0.15) is 27.2 Å². The van der Waals surface area contributed by atoms with E-state index in [9.17, 15) is 4.79 Å². The predicted molar refractivity (Wildman–Crippen MR) is 79.6 cm³/mol. The second kappa shape index (κ2) is 5.34. The molecule has 0 unspecified atom stereocenters. The minimum absolute atomic E-state index is 0.132. The normalized spacial score (nSPS) is 13.1. The maximum Gasteiger partial charge on any atom is 0.255 e. The number of ether oxygens (including phenoxy) is 1. The molecule has 4 nitrogen and oxygen atoms in total. The lowest BCUT2D eigenvalue weighted by molar-refractivity contribution is 0.102.